The summed E-state index contributed by atoms with van der Waals surface area (Å²) in [6.45, 7) is 4.71. The Bertz CT molecular complexity index is 987. The number of nitrogens with one attached hydrogen (secondary N) is 1. The number of aromatic carboxylic acids is 1. The number of benzene rings is 2. The normalized spacial score (nSPS) is 14.9. The van der Waals surface area contributed by atoms with Crippen molar-refractivity contribution in [3.8, 4) is 5.75 Å². The molecule has 1 aliphatic rings. The molecule has 2 N–H and O–H groups in total. The molecule has 1 aliphatic heterocycles. The number of carbonyl (C=O) groups excluding carboxylic acids is 2. The van der Waals surface area contributed by atoms with Gasteiger partial charge in [0.2, 0.25) is 5.91 Å². The predicted molar refractivity (Wildman–Crippen MR) is 105 cm³/mol. The minimum Gasteiger partial charge on any atom is -0.478 e. The van der Waals surface area contributed by atoms with Crippen LogP contribution in [0, 0.1) is 6.92 Å². The third-order valence-electron chi connectivity index (χ3n) is 4.40. The molecule has 1 heterocycles. The number of rotatable bonds is 4. The van der Waals surface area contributed by atoms with Crippen LogP contribution in [0.2, 0.25) is 5.02 Å². The smallest absolute Gasteiger partial charge is 0.335 e. The van der Waals surface area contributed by atoms with Crippen molar-refractivity contribution in [1.29, 1.82) is 0 Å². The minimum absolute atomic E-state index is 0.0304. The fraction of sp³-hybridized carbons (Fsp3) is 0.250. The highest BCUT2D eigenvalue weighted by atomic mass is 35.5. The number of hydrogen-bond acceptors (Lipinski definition) is 4. The van der Waals surface area contributed by atoms with E-state index in [0.717, 1.165) is 5.56 Å². The summed E-state index contributed by atoms with van der Waals surface area (Å²) in [5.74, 6) is -1.69. The zero-order valence-corrected chi connectivity index (χ0v) is 16.3. The highest BCUT2D eigenvalue weighted by Gasteiger charge is 2.41. The number of halogens is 1. The molecule has 7 nitrogen and oxygen atoms in total. The summed E-state index contributed by atoms with van der Waals surface area (Å²) in [5, 5.41) is 12.4. The van der Waals surface area contributed by atoms with E-state index in [9.17, 15) is 19.5 Å². The van der Waals surface area contributed by atoms with E-state index in [0.29, 0.717) is 16.4 Å². The second kappa shape index (κ2) is 7.16. The highest BCUT2D eigenvalue weighted by molar-refractivity contribution is 6.31. The first-order valence-corrected chi connectivity index (χ1v) is 8.90. The van der Waals surface area contributed by atoms with E-state index in [1.54, 1.807) is 32.0 Å². The van der Waals surface area contributed by atoms with Gasteiger partial charge in [0.15, 0.2) is 5.60 Å². The van der Waals surface area contributed by atoms with Gasteiger partial charge in [-0.25, -0.2) is 4.79 Å². The van der Waals surface area contributed by atoms with Gasteiger partial charge in [-0.1, -0.05) is 17.7 Å². The molecule has 0 aromatic heterocycles. The number of fused-ring (bicyclic) bond motifs is 1. The molecule has 0 radical (unpaired) electrons. The maximum absolute atomic E-state index is 12.8. The highest BCUT2D eigenvalue weighted by Crippen LogP contribution is 2.38. The van der Waals surface area contributed by atoms with Crippen LogP contribution < -0.4 is 15.0 Å². The van der Waals surface area contributed by atoms with E-state index in [-0.39, 0.29) is 17.9 Å². The van der Waals surface area contributed by atoms with Crippen molar-refractivity contribution in [3.05, 3.63) is 52.5 Å². The molecule has 0 saturated carbocycles. The maximum atomic E-state index is 12.8. The van der Waals surface area contributed by atoms with E-state index >= 15 is 0 Å². The predicted octanol–water partition coefficient (Wildman–Crippen LogP) is 3.49. The van der Waals surface area contributed by atoms with Crippen LogP contribution in [0.15, 0.2) is 36.4 Å². The molecule has 0 saturated heterocycles. The van der Waals surface area contributed by atoms with Gasteiger partial charge in [-0.2, -0.15) is 0 Å². The van der Waals surface area contributed by atoms with Crippen LogP contribution in [0.3, 0.4) is 0 Å². The van der Waals surface area contributed by atoms with Crippen molar-refractivity contribution in [1.82, 2.24) is 0 Å². The molecule has 0 spiro atoms. The summed E-state index contributed by atoms with van der Waals surface area (Å²) in [4.78, 5) is 37.9. The zero-order chi connectivity index (χ0) is 20.6. The SMILES string of the molecule is Cc1ccc(Cl)cc1NC(=O)CN1C(=O)C(C)(C)Oc2cc(C(=O)O)ccc21. The minimum atomic E-state index is -1.24. The van der Waals surface area contributed by atoms with Crippen LogP contribution >= 0.6 is 11.6 Å². The van der Waals surface area contributed by atoms with Crippen LogP contribution in [0.5, 0.6) is 5.75 Å². The van der Waals surface area contributed by atoms with Gasteiger partial charge < -0.3 is 15.2 Å². The van der Waals surface area contributed by atoms with Crippen molar-refractivity contribution in [2.45, 2.75) is 26.4 Å². The number of ether oxygens (including phenoxy) is 1. The molecule has 0 fully saturated rings. The third-order valence-corrected chi connectivity index (χ3v) is 4.63. The molecular weight excluding hydrogens is 384 g/mol. The lowest BCUT2D eigenvalue weighted by Crippen LogP contribution is -2.54. The average molecular weight is 403 g/mol. The Morgan fingerprint density at radius 2 is 1.93 bits per heavy atom. The van der Waals surface area contributed by atoms with Gasteiger partial charge in [0.05, 0.1) is 11.3 Å². The number of amides is 2. The maximum Gasteiger partial charge on any atom is 0.335 e. The third kappa shape index (κ3) is 3.80. The average Bonchev–Trinajstić information content (AvgIpc) is 2.61. The summed E-state index contributed by atoms with van der Waals surface area (Å²) in [6, 6.07) is 9.30. The van der Waals surface area contributed by atoms with E-state index in [1.165, 1.54) is 23.1 Å². The van der Waals surface area contributed by atoms with Crippen LogP contribution in [0.4, 0.5) is 11.4 Å². The molecule has 8 heteroatoms. The number of aryl methyl sites for hydroxylation is 1. The van der Waals surface area contributed by atoms with Crippen LogP contribution in [-0.4, -0.2) is 35.0 Å². The Morgan fingerprint density at radius 3 is 2.61 bits per heavy atom. The number of carboxylic acids is 1. The molecule has 0 unspecified atom stereocenters. The second-order valence-electron chi connectivity index (χ2n) is 7.00. The van der Waals surface area contributed by atoms with Gasteiger partial charge in [-0.3, -0.25) is 14.5 Å². The number of hydrogen-bond donors (Lipinski definition) is 2. The van der Waals surface area contributed by atoms with E-state index < -0.39 is 23.4 Å². The van der Waals surface area contributed by atoms with E-state index in [4.69, 9.17) is 16.3 Å². The van der Waals surface area contributed by atoms with E-state index in [2.05, 4.69) is 5.32 Å². The summed E-state index contributed by atoms with van der Waals surface area (Å²) < 4.78 is 5.68. The lowest BCUT2D eigenvalue weighted by Gasteiger charge is -2.38. The number of nitrogens with zero attached hydrogens (tertiary/aromatic N) is 1. The quantitative estimate of drug-likeness (QED) is 0.816. The Labute approximate surface area is 166 Å². The standard InChI is InChI=1S/C20H19ClN2O5/c1-11-4-6-13(21)9-14(11)22-17(24)10-23-15-7-5-12(18(25)26)8-16(15)28-20(2,3)19(23)27/h4-9H,10H2,1-3H3,(H,22,24)(H,25,26). The number of carboxylic acid groups (broad SMARTS) is 1. The van der Waals surface area contributed by atoms with Gasteiger partial charge in [0, 0.05) is 10.7 Å². The van der Waals surface area contributed by atoms with Crippen LogP contribution in [0.25, 0.3) is 0 Å². The summed E-state index contributed by atoms with van der Waals surface area (Å²) in [6.07, 6.45) is 0. The summed E-state index contributed by atoms with van der Waals surface area (Å²) in [5.41, 5.74) is 0.517. The molecule has 0 bridgehead atoms. The van der Waals surface area contributed by atoms with Crippen molar-refractivity contribution in [3.63, 3.8) is 0 Å². The number of carbonyl (C=O) groups is 3. The summed E-state index contributed by atoms with van der Waals surface area (Å²) in [7, 11) is 0. The van der Waals surface area contributed by atoms with E-state index in [1.807, 2.05) is 6.92 Å². The molecular formula is C20H19ClN2O5. The van der Waals surface area contributed by atoms with Crippen molar-refractivity contribution < 1.29 is 24.2 Å². The van der Waals surface area contributed by atoms with Crippen LogP contribution in [0.1, 0.15) is 29.8 Å². The van der Waals surface area contributed by atoms with Crippen molar-refractivity contribution in [2.75, 3.05) is 16.8 Å². The zero-order valence-electron chi connectivity index (χ0n) is 15.6. The first-order valence-electron chi connectivity index (χ1n) is 8.53. The lowest BCUT2D eigenvalue weighted by atomic mass is 10.0. The Kier molecular flexibility index (Phi) is 5.04. The van der Waals surface area contributed by atoms with Gasteiger partial charge in [0.1, 0.15) is 12.3 Å². The summed E-state index contributed by atoms with van der Waals surface area (Å²) >= 11 is 5.98. The first kappa shape index (κ1) is 19.7. The molecule has 0 aliphatic carbocycles. The molecule has 146 valence electrons. The Morgan fingerprint density at radius 1 is 1.21 bits per heavy atom. The molecule has 3 rings (SSSR count). The monoisotopic (exact) mass is 402 g/mol. The van der Waals surface area contributed by atoms with Gasteiger partial charge in [0.25, 0.3) is 5.91 Å². The second-order valence-corrected chi connectivity index (χ2v) is 7.44. The van der Waals surface area contributed by atoms with Gasteiger partial charge in [-0.05, 0) is 56.7 Å². The van der Waals surface area contributed by atoms with Gasteiger partial charge in [-0.15, -0.1) is 0 Å². The lowest BCUT2D eigenvalue weighted by molar-refractivity contribution is -0.133. The molecule has 2 aromatic rings. The topological polar surface area (TPSA) is 95.9 Å². The molecule has 0 atom stereocenters. The van der Waals surface area contributed by atoms with Crippen LogP contribution in [-0.2, 0) is 9.59 Å². The van der Waals surface area contributed by atoms with Gasteiger partial charge >= 0.3 is 5.97 Å². The fourth-order valence-corrected chi connectivity index (χ4v) is 3.10. The molecule has 28 heavy (non-hydrogen) atoms. The number of anilines is 2. The van der Waals surface area contributed by atoms with Crippen molar-refractivity contribution >= 4 is 40.8 Å². The first-order chi connectivity index (χ1) is 13.1. The largest absolute Gasteiger partial charge is 0.478 e. The van der Waals surface area contributed by atoms with Crippen molar-refractivity contribution in [2.24, 2.45) is 0 Å². The molecule has 2 amide bonds. The Balaban J connectivity index is 1.90. The Hall–Kier alpha value is -3.06. The molecule has 2 aromatic carbocycles. The fourth-order valence-electron chi connectivity index (χ4n) is 2.92.